The van der Waals surface area contributed by atoms with Crippen LogP contribution >= 0.6 is 0 Å². The molecule has 0 saturated heterocycles. The van der Waals surface area contributed by atoms with Crippen molar-refractivity contribution >= 4 is 16.6 Å². The summed E-state index contributed by atoms with van der Waals surface area (Å²) in [7, 11) is 0. The highest BCUT2D eigenvalue weighted by molar-refractivity contribution is 5.94. The second-order valence-electron chi connectivity index (χ2n) is 2.51. The van der Waals surface area contributed by atoms with E-state index in [-0.39, 0.29) is 0 Å². The molecule has 0 aliphatic carbocycles. The van der Waals surface area contributed by atoms with Crippen LogP contribution in [0, 0.1) is 17.4 Å². The summed E-state index contributed by atoms with van der Waals surface area (Å²) in [4.78, 5) is 2.94. The monoisotopic (exact) mass is 156 g/mol. The fraction of sp³-hybridized carbons (Fsp3) is 0. The van der Waals surface area contributed by atoms with Gasteiger partial charge in [0.2, 0.25) is 0 Å². The Hall–Kier alpha value is -1.95. The van der Waals surface area contributed by atoms with E-state index in [0.29, 0.717) is 11.3 Å². The van der Waals surface area contributed by atoms with Crippen molar-refractivity contribution in [2.45, 2.75) is 0 Å². The van der Waals surface area contributed by atoms with Crippen LogP contribution in [0.1, 0.15) is 5.56 Å². The third kappa shape index (κ3) is 0.753. The SMILES string of the molecule is N#Cc1c[c]cc2c(N)c[nH]c12. The molecule has 12 heavy (non-hydrogen) atoms. The van der Waals surface area contributed by atoms with Gasteiger partial charge in [0.15, 0.2) is 0 Å². The third-order valence-electron chi connectivity index (χ3n) is 1.80. The maximum Gasteiger partial charge on any atom is 0.101 e. The van der Waals surface area contributed by atoms with Crippen molar-refractivity contribution in [3.05, 3.63) is 30.0 Å². The summed E-state index contributed by atoms with van der Waals surface area (Å²) in [6, 6.07) is 8.33. The van der Waals surface area contributed by atoms with Crippen molar-refractivity contribution in [3.8, 4) is 6.07 Å². The minimum atomic E-state index is 0.573. The number of hydrogen-bond donors (Lipinski definition) is 2. The van der Waals surface area contributed by atoms with Gasteiger partial charge in [-0.1, -0.05) is 0 Å². The van der Waals surface area contributed by atoms with Crippen LogP contribution in [0.2, 0.25) is 0 Å². The second-order valence-corrected chi connectivity index (χ2v) is 2.51. The molecule has 0 fully saturated rings. The molecule has 1 radical (unpaired) electrons. The molecule has 0 bridgehead atoms. The van der Waals surface area contributed by atoms with E-state index in [1.54, 1.807) is 18.3 Å². The van der Waals surface area contributed by atoms with E-state index in [1.165, 1.54) is 0 Å². The molecule has 3 heteroatoms. The Bertz CT molecular complexity index is 462. The van der Waals surface area contributed by atoms with Crippen molar-refractivity contribution in [1.29, 1.82) is 5.26 Å². The fourth-order valence-electron chi connectivity index (χ4n) is 1.20. The average Bonchev–Trinajstić information content (AvgIpc) is 2.48. The zero-order valence-electron chi connectivity index (χ0n) is 6.26. The molecule has 0 aliphatic heterocycles. The number of aromatic nitrogens is 1. The van der Waals surface area contributed by atoms with Crippen LogP contribution in [0.5, 0.6) is 0 Å². The maximum absolute atomic E-state index is 8.71. The Morgan fingerprint density at radius 3 is 3.08 bits per heavy atom. The molecule has 0 unspecified atom stereocenters. The van der Waals surface area contributed by atoms with Gasteiger partial charge in [0.1, 0.15) is 6.07 Å². The van der Waals surface area contributed by atoms with Crippen molar-refractivity contribution in [2.75, 3.05) is 5.73 Å². The van der Waals surface area contributed by atoms with Gasteiger partial charge in [-0.25, -0.2) is 0 Å². The van der Waals surface area contributed by atoms with Crippen molar-refractivity contribution in [1.82, 2.24) is 4.98 Å². The normalized spacial score (nSPS) is 9.92. The average molecular weight is 156 g/mol. The van der Waals surface area contributed by atoms with Gasteiger partial charge in [-0.3, -0.25) is 0 Å². The number of nitriles is 1. The molecule has 1 aromatic heterocycles. The van der Waals surface area contributed by atoms with Gasteiger partial charge in [-0.15, -0.1) is 0 Å². The molecule has 1 heterocycles. The fourth-order valence-corrected chi connectivity index (χ4v) is 1.20. The van der Waals surface area contributed by atoms with Crippen LogP contribution in [0.3, 0.4) is 0 Å². The van der Waals surface area contributed by atoms with E-state index in [2.05, 4.69) is 17.1 Å². The molecule has 0 spiro atoms. The van der Waals surface area contributed by atoms with E-state index in [0.717, 1.165) is 10.9 Å². The highest BCUT2D eigenvalue weighted by Crippen LogP contribution is 2.21. The van der Waals surface area contributed by atoms with Gasteiger partial charge in [0, 0.05) is 11.6 Å². The number of hydrogen-bond acceptors (Lipinski definition) is 2. The largest absolute Gasteiger partial charge is 0.397 e. The van der Waals surface area contributed by atoms with Crippen molar-refractivity contribution in [2.24, 2.45) is 0 Å². The lowest BCUT2D eigenvalue weighted by atomic mass is 10.1. The Morgan fingerprint density at radius 1 is 1.50 bits per heavy atom. The summed E-state index contributed by atoms with van der Waals surface area (Å²) >= 11 is 0. The van der Waals surface area contributed by atoms with Gasteiger partial charge in [-0.05, 0) is 18.2 Å². The highest BCUT2D eigenvalue weighted by atomic mass is 14.7. The first kappa shape index (κ1) is 6.74. The van der Waals surface area contributed by atoms with Gasteiger partial charge in [-0.2, -0.15) is 5.26 Å². The molecule has 2 aromatic rings. The number of nitrogens with two attached hydrogens (primary N) is 1. The molecular formula is C9H6N3. The summed E-state index contributed by atoms with van der Waals surface area (Å²) < 4.78 is 0. The lowest BCUT2D eigenvalue weighted by molar-refractivity contribution is 1.44. The molecular weight excluding hydrogens is 150 g/mol. The van der Waals surface area contributed by atoms with E-state index < -0.39 is 0 Å². The van der Waals surface area contributed by atoms with Crippen LogP contribution in [0.25, 0.3) is 10.9 Å². The van der Waals surface area contributed by atoms with Crippen LogP contribution in [-0.4, -0.2) is 4.98 Å². The molecule has 0 amide bonds. The highest BCUT2D eigenvalue weighted by Gasteiger charge is 2.03. The predicted octanol–water partition coefficient (Wildman–Crippen LogP) is 1.42. The zero-order valence-corrected chi connectivity index (χ0v) is 6.26. The number of benzene rings is 1. The summed E-state index contributed by atoms with van der Waals surface area (Å²) in [6.45, 7) is 0. The third-order valence-corrected chi connectivity index (χ3v) is 1.80. The minimum Gasteiger partial charge on any atom is -0.397 e. The van der Waals surface area contributed by atoms with Gasteiger partial charge < -0.3 is 10.7 Å². The maximum atomic E-state index is 8.71. The number of H-pyrrole nitrogens is 1. The summed E-state index contributed by atoms with van der Waals surface area (Å²) in [5, 5.41) is 9.57. The Labute approximate surface area is 69.4 Å². The predicted molar refractivity (Wildman–Crippen MR) is 46.3 cm³/mol. The first-order valence-electron chi connectivity index (χ1n) is 3.49. The summed E-state index contributed by atoms with van der Waals surface area (Å²) in [5.41, 5.74) is 7.65. The Kier molecular flexibility index (Phi) is 1.28. The van der Waals surface area contributed by atoms with Crippen LogP contribution < -0.4 is 5.73 Å². The molecule has 57 valence electrons. The minimum absolute atomic E-state index is 0.573. The first-order chi connectivity index (χ1) is 5.83. The Morgan fingerprint density at radius 2 is 2.33 bits per heavy atom. The van der Waals surface area contributed by atoms with E-state index in [4.69, 9.17) is 11.0 Å². The standard InChI is InChI=1S/C9H6N3/c10-4-6-2-1-3-7-8(11)5-12-9(6)7/h2-3,5,12H,11H2. The lowest BCUT2D eigenvalue weighted by Crippen LogP contribution is -1.81. The molecule has 0 saturated carbocycles. The van der Waals surface area contributed by atoms with Gasteiger partial charge in [0.05, 0.1) is 16.8 Å². The number of anilines is 1. The number of nitrogens with one attached hydrogen (secondary N) is 1. The smallest absolute Gasteiger partial charge is 0.101 e. The van der Waals surface area contributed by atoms with Crippen molar-refractivity contribution in [3.63, 3.8) is 0 Å². The number of fused-ring (bicyclic) bond motifs is 1. The molecule has 3 N–H and O–H groups in total. The molecule has 0 atom stereocenters. The van der Waals surface area contributed by atoms with Crippen LogP contribution in [-0.2, 0) is 0 Å². The molecule has 2 rings (SSSR count). The number of rotatable bonds is 0. The van der Waals surface area contributed by atoms with E-state index in [1.807, 2.05) is 0 Å². The number of nitrogen functional groups attached to an aromatic ring is 1. The topological polar surface area (TPSA) is 65.6 Å². The first-order valence-corrected chi connectivity index (χ1v) is 3.49. The molecule has 3 nitrogen and oxygen atoms in total. The van der Waals surface area contributed by atoms with Gasteiger partial charge in [0.25, 0.3) is 0 Å². The number of nitrogens with zero attached hydrogens (tertiary/aromatic N) is 1. The lowest BCUT2D eigenvalue weighted by Gasteiger charge is -1.91. The number of aromatic amines is 1. The summed E-state index contributed by atoms with van der Waals surface area (Å²) in [5.74, 6) is 0. The molecule has 0 aliphatic rings. The Balaban J connectivity index is 2.92. The van der Waals surface area contributed by atoms with E-state index in [9.17, 15) is 0 Å². The van der Waals surface area contributed by atoms with Crippen LogP contribution in [0.15, 0.2) is 18.3 Å². The molecule has 1 aromatic carbocycles. The zero-order chi connectivity index (χ0) is 8.55. The summed E-state index contributed by atoms with van der Waals surface area (Å²) in [6.07, 6.45) is 1.68. The van der Waals surface area contributed by atoms with Gasteiger partial charge >= 0.3 is 0 Å². The van der Waals surface area contributed by atoms with Crippen LogP contribution in [0.4, 0.5) is 5.69 Å². The van der Waals surface area contributed by atoms with E-state index >= 15 is 0 Å². The second kappa shape index (κ2) is 2.28. The van der Waals surface area contributed by atoms with Crippen molar-refractivity contribution < 1.29 is 0 Å². The quantitative estimate of drug-likeness (QED) is 0.605.